The number of nitrogens with one attached hydrogen (secondary N) is 3. The van der Waals surface area contributed by atoms with E-state index < -0.39 is 15.9 Å². The number of primary sulfonamides is 1. The van der Waals surface area contributed by atoms with Crippen LogP contribution in [-0.4, -0.2) is 35.2 Å². The Kier molecular flexibility index (Phi) is 5.92. The second kappa shape index (κ2) is 9.21. The molecule has 5 rings (SSSR count). The highest BCUT2D eigenvalue weighted by atomic mass is 32.2. The standard InChI is InChI=1S/C25H20N6O4S/c26-36(34,35)18-10-8-15(9-11-18)13-28-23(32)19-6-3-7-20-22(19)30-25(29-20)31-24(33)21-12-16-4-1-2-5-17(16)14-27-21/h1-12,14H,13H2,(H,28,32)(H2,26,34,35)(H2,29,30,31,33). The number of H-pyrrole nitrogens is 1. The van der Waals surface area contributed by atoms with Gasteiger partial charge in [-0.3, -0.25) is 19.9 Å². The summed E-state index contributed by atoms with van der Waals surface area (Å²) in [5.41, 5.74) is 2.21. The van der Waals surface area contributed by atoms with Crippen LogP contribution in [0.3, 0.4) is 0 Å². The van der Waals surface area contributed by atoms with E-state index >= 15 is 0 Å². The van der Waals surface area contributed by atoms with Gasteiger partial charge in [-0.25, -0.2) is 18.5 Å². The number of para-hydroxylation sites is 1. The van der Waals surface area contributed by atoms with Gasteiger partial charge in [0.15, 0.2) is 0 Å². The summed E-state index contributed by atoms with van der Waals surface area (Å²) in [5.74, 6) is -0.630. The van der Waals surface area contributed by atoms with E-state index in [1.807, 2.05) is 24.3 Å². The highest BCUT2D eigenvalue weighted by Crippen LogP contribution is 2.20. The first-order valence-corrected chi connectivity index (χ1v) is 12.4. The number of pyridine rings is 1. The smallest absolute Gasteiger partial charge is 0.276 e. The first kappa shape index (κ1) is 23.1. The molecule has 0 spiro atoms. The summed E-state index contributed by atoms with van der Waals surface area (Å²) < 4.78 is 22.8. The average Bonchev–Trinajstić information content (AvgIpc) is 3.29. The lowest BCUT2D eigenvalue weighted by molar-refractivity contribution is 0.0951. The number of sulfonamides is 1. The van der Waals surface area contributed by atoms with Crippen molar-refractivity contribution >= 4 is 49.6 Å². The van der Waals surface area contributed by atoms with Crippen molar-refractivity contribution in [3.63, 3.8) is 0 Å². The van der Waals surface area contributed by atoms with Crippen molar-refractivity contribution in [2.24, 2.45) is 5.14 Å². The van der Waals surface area contributed by atoms with Crippen molar-refractivity contribution < 1.29 is 18.0 Å². The molecule has 2 aromatic heterocycles. The zero-order valence-corrected chi connectivity index (χ0v) is 19.5. The van der Waals surface area contributed by atoms with Crippen LogP contribution in [-0.2, 0) is 16.6 Å². The first-order valence-electron chi connectivity index (χ1n) is 10.8. The van der Waals surface area contributed by atoms with Crippen LogP contribution in [0.5, 0.6) is 0 Å². The van der Waals surface area contributed by atoms with Gasteiger partial charge in [-0.15, -0.1) is 0 Å². The van der Waals surface area contributed by atoms with Gasteiger partial charge in [0.2, 0.25) is 16.0 Å². The molecule has 36 heavy (non-hydrogen) atoms. The van der Waals surface area contributed by atoms with E-state index in [1.54, 1.807) is 42.6 Å². The van der Waals surface area contributed by atoms with Crippen LogP contribution in [0.2, 0.25) is 0 Å². The molecule has 0 radical (unpaired) electrons. The van der Waals surface area contributed by atoms with E-state index in [9.17, 15) is 18.0 Å². The van der Waals surface area contributed by atoms with Crippen LogP contribution in [0.15, 0.2) is 83.9 Å². The Morgan fingerprint density at radius 3 is 2.42 bits per heavy atom. The number of carbonyl (C=O) groups is 2. The summed E-state index contributed by atoms with van der Waals surface area (Å²) in [5, 5.41) is 12.4. The fourth-order valence-corrected chi connectivity index (χ4v) is 4.24. The van der Waals surface area contributed by atoms with Crippen molar-refractivity contribution in [1.29, 1.82) is 0 Å². The molecule has 2 amide bonds. The molecule has 3 aromatic carbocycles. The van der Waals surface area contributed by atoms with Gasteiger partial charge in [0, 0.05) is 18.1 Å². The molecule has 5 N–H and O–H groups in total. The molecule has 10 nitrogen and oxygen atoms in total. The third kappa shape index (κ3) is 4.78. The van der Waals surface area contributed by atoms with Crippen molar-refractivity contribution in [3.05, 3.63) is 95.8 Å². The van der Waals surface area contributed by atoms with Gasteiger partial charge < -0.3 is 10.3 Å². The lowest BCUT2D eigenvalue weighted by atomic mass is 10.1. The third-order valence-electron chi connectivity index (χ3n) is 5.56. The number of fused-ring (bicyclic) bond motifs is 2. The molecule has 0 aliphatic carbocycles. The summed E-state index contributed by atoms with van der Waals surface area (Å²) >= 11 is 0. The minimum absolute atomic E-state index is 0.00710. The summed E-state index contributed by atoms with van der Waals surface area (Å²) in [6, 6.07) is 20.3. The minimum Gasteiger partial charge on any atom is -0.348 e. The van der Waals surface area contributed by atoms with Gasteiger partial charge in [-0.2, -0.15) is 0 Å². The number of rotatable bonds is 6. The number of benzene rings is 3. The van der Waals surface area contributed by atoms with Crippen molar-refractivity contribution in [3.8, 4) is 0 Å². The van der Waals surface area contributed by atoms with E-state index in [0.717, 1.165) is 10.8 Å². The average molecular weight is 501 g/mol. The number of carbonyl (C=O) groups excluding carboxylic acids is 2. The molecule has 0 unspecified atom stereocenters. The van der Waals surface area contributed by atoms with E-state index in [4.69, 9.17) is 5.14 Å². The van der Waals surface area contributed by atoms with Crippen LogP contribution in [0.1, 0.15) is 26.4 Å². The molecule has 0 bridgehead atoms. The van der Waals surface area contributed by atoms with Crippen LogP contribution in [0.25, 0.3) is 21.8 Å². The Hall–Kier alpha value is -4.61. The molecule has 0 saturated carbocycles. The quantitative estimate of drug-likeness (QED) is 0.280. The predicted molar refractivity (Wildman–Crippen MR) is 135 cm³/mol. The normalized spacial score (nSPS) is 11.5. The van der Waals surface area contributed by atoms with Gasteiger partial charge in [-0.05, 0) is 41.3 Å². The number of amides is 2. The Balaban J connectivity index is 1.31. The Labute approximate surface area is 205 Å². The highest BCUT2D eigenvalue weighted by Gasteiger charge is 2.16. The molecule has 5 aromatic rings. The lowest BCUT2D eigenvalue weighted by Gasteiger charge is -2.07. The molecule has 180 valence electrons. The third-order valence-corrected chi connectivity index (χ3v) is 6.49. The fraction of sp³-hybridized carbons (Fsp3) is 0.0400. The maximum atomic E-state index is 12.9. The molecular weight excluding hydrogens is 480 g/mol. The molecule has 0 aliphatic rings. The highest BCUT2D eigenvalue weighted by molar-refractivity contribution is 7.89. The van der Waals surface area contributed by atoms with Crippen LogP contribution in [0.4, 0.5) is 5.95 Å². The van der Waals surface area contributed by atoms with Crippen LogP contribution in [0, 0.1) is 0 Å². The maximum Gasteiger partial charge on any atom is 0.276 e. The van der Waals surface area contributed by atoms with Crippen LogP contribution < -0.4 is 15.8 Å². The lowest BCUT2D eigenvalue weighted by Crippen LogP contribution is -2.23. The number of nitrogens with two attached hydrogens (primary N) is 1. The predicted octanol–water partition coefficient (Wildman–Crippen LogP) is 2.94. The zero-order valence-electron chi connectivity index (χ0n) is 18.7. The number of imidazole rings is 1. The SMILES string of the molecule is NS(=O)(=O)c1ccc(CNC(=O)c2cccc3[nH]c(NC(=O)c4cc5ccccc5cn4)nc23)cc1. The molecule has 11 heteroatoms. The van der Waals surface area contributed by atoms with Crippen LogP contribution >= 0.6 is 0 Å². The second-order valence-corrected chi connectivity index (χ2v) is 9.59. The summed E-state index contributed by atoms with van der Waals surface area (Å²) in [6.45, 7) is 0.168. The van der Waals surface area contributed by atoms with E-state index in [1.165, 1.54) is 12.1 Å². The Bertz CT molecular complexity index is 1730. The molecule has 0 saturated heterocycles. The first-order chi connectivity index (χ1) is 17.3. The van der Waals surface area contributed by atoms with E-state index in [0.29, 0.717) is 22.2 Å². The number of anilines is 1. The molecule has 0 fully saturated rings. The minimum atomic E-state index is -3.79. The molecule has 2 heterocycles. The van der Waals surface area contributed by atoms with Gasteiger partial charge in [0.25, 0.3) is 11.8 Å². The fourth-order valence-electron chi connectivity index (χ4n) is 3.73. The zero-order chi connectivity index (χ0) is 25.3. The number of aromatic nitrogens is 3. The van der Waals surface area contributed by atoms with E-state index in [-0.39, 0.29) is 29.0 Å². The number of aromatic amines is 1. The second-order valence-electron chi connectivity index (χ2n) is 8.03. The number of hydrogen-bond donors (Lipinski definition) is 4. The molecule has 0 aliphatic heterocycles. The molecule has 0 atom stereocenters. The molecular formula is C25H20N6O4S. The maximum absolute atomic E-state index is 12.9. The summed E-state index contributed by atoms with van der Waals surface area (Å²) in [7, 11) is -3.79. The van der Waals surface area contributed by atoms with Crippen molar-refractivity contribution in [1.82, 2.24) is 20.3 Å². The topological polar surface area (TPSA) is 160 Å². The van der Waals surface area contributed by atoms with Gasteiger partial charge >= 0.3 is 0 Å². The Morgan fingerprint density at radius 1 is 0.917 bits per heavy atom. The largest absolute Gasteiger partial charge is 0.348 e. The van der Waals surface area contributed by atoms with Gasteiger partial charge in [0.1, 0.15) is 11.2 Å². The van der Waals surface area contributed by atoms with Crippen molar-refractivity contribution in [2.45, 2.75) is 11.4 Å². The summed E-state index contributed by atoms with van der Waals surface area (Å²) in [6.07, 6.45) is 1.63. The van der Waals surface area contributed by atoms with Crippen molar-refractivity contribution in [2.75, 3.05) is 5.32 Å². The van der Waals surface area contributed by atoms with Gasteiger partial charge in [-0.1, -0.05) is 42.5 Å². The Morgan fingerprint density at radius 2 is 1.67 bits per heavy atom. The number of nitrogens with zero attached hydrogens (tertiary/aromatic N) is 2. The van der Waals surface area contributed by atoms with Gasteiger partial charge in [0.05, 0.1) is 16.0 Å². The van der Waals surface area contributed by atoms with E-state index in [2.05, 4.69) is 25.6 Å². The number of hydrogen-bond acceptors (Lipinski definition) is 6. The monoisotopic (exact) mass is 500 g/mol. The summed E-state index contributed by atoms with van der Waals surface area (Å²) in [4.78, 5) is 37.2.